The Kier molecular flexibility index (Phi) is 11.9. The van der Waals surface area contributed by atoms with Gasteiger partial charge < -0.3 is 0 Å². The molecule has 4 heteroatoms. The number of rotatable bonds is 0. The van der Waals surface area contributed by atoms with Crippen LogP contribution in [0, 0.1) is 0 Å². The zero-order valence-corrected chi connectivity index (χ0v) is 11.8. The normalized spacial score (nSPS) is 7.08. The molecular weight excluding hydrogens is 318 g/mol. The second kappa shape index (κ2) is 11.4. The number of hydrogen-bond acceptors (Lipinski definition) is 2. The molecule has 0 aliphatic heterocycles. The minimum atomic E-state index is 1.71. The Balaban J connectivity index is 0.000000168. The molecule has 66 valence electrons. The maximum atomic E-state index is 2.62. The molecule has 0 aromatic carbocycles. The fraction of sp³-hybridized carbons (Fsp3) is 0. The largest absolute Gasteiger partial charge is 0.152 e. The molecule has 0 N–H and O–H groups in total. The van der Waals surface area contributed by atoms with E-state index in [0.29, 0.717) is 0 Å². The summed E-state index contributed by atoms with van der Waals surface area (Å²) in [4.78, 5) is 0. The van der Waals surface area contributed by atoms with Crippen LogP contribution in [0.4, 0.5) is 0 Å². The smallest absolute Gasteiger partial charge is 0.00934 e. The number of thiophene rings is 2. The van der Waals surface area contributed by atoms with Gasteiger partial charge in [0.15, 0.2) is 0 Å². The van der Waals surface area contributed by atoms with Crippen molar-refractivity contribution in [2.24, 2.45) is 0 Å². The first-order valence-electron chi connectivity index (χ1n) is 3.15. The van der Waals surface area contributed by atoms with Gasteiger partial charge in [0.25, 0.3) is 0 Å². The average molecular weight is 328 g/mol. The standard InChI is InChI=1S/2C4H4S.H2Se2/c2*1-2-4-5-3-1;1-2/h2*1-4H;1H2. The van der Waals surface area contributed by atoms with Crippen LogP contribution in [0.5, 0.6) is 0 Å². The predicted octanol–water partition coefficient (Wildman–Crippen LogP) is 2.20. The van der Waals surface area contributed by atoms with Crippen LogP contribution in [0.1, 0.15) is 0 Å². The van der Waals surface area contributed by atoms with Crippen molar-refractivity contribution >= 4 is 50.0 Å². The fourth-order valence-corrected chi connectivity index (χ4v) is 1.36. The van der Waals surface area contributed by atoms with Gasteiger partial charge in [0.1, 0.15) is 0 Å². The maximum Gasteiger partial charge on any atom is -0.00934 e. The van der Waals surface area contributed by atoms with Crippen molar-refractivity contribution in [1.29, 1.82) is 0 Å². The minimum absolute atomic E-state index is 1.71. The Morgan fingerprint density at radius 3 is 1.00 bits per heavy atom. The van der Waals surface area contributed by atoms with E-state index >= 15 is 0 Å². The van der Waals surface area contributed by atoms with Crippen molar-refractivity contribution < 1.29 is 0 Å². The molecule has 2 rings (SSSR count). The van der Waals surface area contributed by atoms with Gasteiger partial charge in [0.05, 0.1) is 0 Å². The first kappa shape index (κ1) is 12.4. The van der Waals surface area contributed by atoms with E-state index in [1.807, 2.05) is 59.4 Å². The van der Waals surface area contributed by atoms with Gasteiger partial charge in [0.2, 0.25) is 0 Å². The van der Waals surface area contributed by atoms with Crippen molar-refractivity contribution in [3.8, 4) is 0 Å². The second-order valence-electron chi connectivity index (χ2n) is 1.59. The Hall–Kier alpha value is 0.439. The quantitative estimate of drug-likeness (QED) is 0.651. The molecule has 0 saturated carbocycles. The van der Waals surface area contributed by atoms with E-state index < -0.39 is 0 Å². The van der Waals surface area contributed by atoms with Gasteiger partial charge >= 0.3 is 27.3 Å². The van der Waals surface area contributed by atoms with Crippen LogP contribution >= 0.6 is 22.7 Å². The van der Waals surface area contributed by atoms with Crippen molar-refractivity contribution in [3.05, 3.63) is 45.8 Å². The van der Waals surface area contributed by atoms with E-state index in [4.69, 9.17) is 0 Å². The van der Waals surface area contributed by atoms with Crippen LogP contribution in [0.3, 0.4) is 0 Å². The van der Waals surface area contributed by atoms with Crippen molar-refractivity contribution in [3.63, 3.8) is 0 Å². The molecule has 0 fully saturated rings. The third-order valence-electron chi connectivity index (χ3n) is 0.851. The van der Waals surface area contributed by atoms with E-state index in [1.165, 1.54) is 0 Å². The monoisotopic (exact) mass is 330 g/mol. The third kappa shape index (κ3) is 8.53. The van der Waals surface area contributed by atoms with Crippen LogP contribution in [-0.4, -0.2) is 27.3 Å². The van der Waals surface area contributed by atoms with Gasteiger partial charge in [-0.3, -0.25) is 0 Å². The first-order valence-corrected chi connectivity index (χ1v) is 10.3. The molecule has 0 unspecified atom stereocenters. The van der Waals surface area contributed by atoms with Crippen LogP contribution in [-0.2, 0) is 0 Å². The summed E-state index contributed by atoms with van der Waals surface area (Å²) in [6.45, 7) is 0. The van der Waals surface area contributed by atoms with E-state index in [0.717, 1.165) is 0 Å². The van der Waals surface area contributed by atoms with Gasteiger partial charge in [0, 0.05) is 0 Å². The van der Waals surface area contributed by atoms with Gasteiger partial charge in [-0.25, -0.2) is 0 Å². The van der Waals surface area contributed by atoms with E-state index in [1.54, 1.807) is 22.7 Å². The van der Waals surface area contributed by atoms with E-state index in [9.17, 15) is 0 Å². The summed E-state index contributed by atoms with van der Waals surface area (Å²) in [5.74, 6) is 0. The Morgan fingerprint density at radius 2 is 0.917 bits per heavy atom. The molecule has 0 aliphatic rings. The molecule has 2 aromatic rings. The van der Waals surface area contributed by atoms with Gasteiger partial charge in [-0.05, 0) is 21.5 Å². The van der Waals surface area contributed by atoms with Crippen molar-refractivity contribution in [2.75, 3.05) is 0 Å². The Bertz CT molecular complexity index is 167. The van der Waals surface area contributed by atoms with Crippen LogP contribution in [0.2, 0.25) is 0 Å². The molecule has 0 aliphatic carbocycles. The second-order valence-corrected chi connectivity index (χ2v) is 3.22. The zero-order valence-electron chi connectivity index (χ0n) is 6.34. The van der Waals surface area contributed by atoms with Gasteiger partial charge in [-0.15, -0.1) is 0 Å². The molecule has 12 heavy (non-hydrogen) atoms. The van der Waals surface area contributed by atoms with E-state index in [-0.39, 0.29) is 0 Å². The van der Waals surface area contributed by atoms with E-state index in [2.05, 4.69) is 13.7 Å². The predicted molar refractivity (Wildman–Crippen MR) is 62.9 cm³/mol. The molecule has 0 radical (unpaired) electrons. The molecule has 0 bridgehead atoms. The molecule has 0 atom stereocenters. The minimum Gasteiger partial charge on any atom is -0.152 e. The van der Waals surface area contributed by atoms with Gasteiger partial charge in [-0.1, -0.05) is 24.3 Å². The molecule has 0 nitrogen and oxygen atoms in total. The topological polar surface area (TPSA) is 0 Å². The molecule has 0 saturated heterocycles. The summed E-state index contributed by atoms with van der Waals surface area (Å²) >= 11 is 7.93. The summed E-state index contributed by atoms with van der Waals surface area (Å²) in [5, 5.41) is 8.17. The Labute approximate surface area is 95.1 Å². The van der Waals surface area contributed by atoms with Crippen molar-refractivity contribution in [2.45, 2.75) is 0 Å². The molecule has 0 amide bonds. The number of hydrogen-bond donors (Lipinski definition) is 0. The molecule has 0 spiro atoms. The SMILES string of the molecule is [Se]=[SeH2].c1ccsc1.c1ccsc1. The summed E-state index contributed by atoms with van der Waals surface area (Å²) in [6.07, 6.45) is 0. The summed E-state index contributed by atoms with van der Waals surface area (Å²) in [5.41, 5.74) is 0. The summed E-state index contributed by atoms with van der Waals surface area (Å²) < 4.78 is 0. The van der Waals surface area contributed by atoms with Crippen LogP contribution in [0.25, 0.3) is 0 Å². The summed E-state index contributed by atoms with van der Waals surface area (Å²) in [7, 11) is 0. The maximum absolute atomic E-state index is 2.62. The van der Waals surface area contributed by atoms with Gasteiger partial charge in [-0.2, -0.15) is 22.7 Å². The fourth-order valence-electron chi connectivity index (χ4n) is 0.454. The molecule has 2 heterocycles. The van der Waals surface area contributed by atoms with Crippen LogP contribution < -0.4 is 0 Å². The third-order valence-corrected chi connectivity index (χ3v) is 2.11. The van der Waals surface area contributed by atoms with Crippen molar-refractivity contribution in [1.82, 2.24) is 0 Å². The first-order chi connectivity index (χ1) is 6.00. The zero-order chi connectivity index (χ0) is 9.07. The molecular formula is C8H10S2Se2. The van der Waals surface area contributed by atoms with Crippen LogP contribution in [0.15, 0.2) is 45.8 Å². The summed E-state index contributed by atoms with van der Waals surface area (Å²) in [6, 6.07) is 8.07. The molecule has 2 aromatic heterocycles. The average Bonchev–Trinajstić information content (AvgIpc) is 2.87. The Morgan fingerprint density at radius 1 is 0.667 bits per heavy atom.